The highest BCUT2D eigenvalue weighted by Gasteiger charge is 2.30. The number of thioether (sulfide) groups is 1. The van der Waals surface area contributed by atoms with Gasteiger partial charge in [0, 0.05) is 28.6 Å². The quantitative estimate of drug-likeness (QED) is 0.560. The molecular formula is C13H13BrF3N3S. The Morgan fingerprint density at radius 2 is 2.10 bits per heavy atom. The molecule has 2 rings (SSSR count). The first kappa shape index (κ1) is 16.4. The number of benzene rings is 1. The van der Waals surface area contributed by atoms with Gasteiger partial charge in [-0.15, -0.1) is 16.9 Å². The zero-order valence-corrected chi connectivity index (χ0v) is 13.4. The fourth-order valence-electron chi connectivity index (χ4n) is 1.68. The van der Waals surface area contributed by atoms with Crippen LogP contribution in [0.3, 0.4) is 0 Å². The summed E-state index contributed by atoms with van der Waals surface area (Å²) in [5.41, 5.74) is 0.281. The summed E-state index contributed by atoms with van der Waals surface area (Å²) < 4.78 is 39.5. The Morgan fingerprint density at radius 1 is 1.29 bits per heavy atom. The summed E-state index contributed by atoms with van der Waals surface area (Å²) in [4.78, 5) is 0.602. The summed E-state index contributed by atoms with van der Waals surface area (Å²) in [7, 11) is 0. The van der Waals surface area contributed by atoms with Crippen LogP contribution in [0.15, 0.2) is 35.4 Å². The number of rotatable bonds is 6. The van der Waals surface area contributed by atoms with Crippen LogP contribution in [0.5, 0.6) is 0 Å². The Labute approximate surface area is 133 Å². The molecule has 1 aromatic carbocycles. The van der Waals surface area contributed by atoms with Gasteiger partial charge in [0.1, 0.15) is 0 Å². The maximum atomic E-state index is 12.6. The smallest absolute Gasteiger partial charge is 0.251 e. The largest absolute Gasteiger partial charge is 0.416 e. The summed E-state index contributed by atoms with van der Waals surface area (Å²) in [5.74, 6) is 0.637. The van der Waals surface area contributed by atoms with E-state index in [-0.39, 0.29) is 0 Å². The minimum absolute atomic E-state index is 0.602. The van der Waals surface area contributed by atoms with Gasteiger partial charge in [-0.2, -0.15) is 13.2 Å². The first-order chi connectivity index (χ1) is 9.99. The number of hydrogen-bond acceptors (Lipinski definition) is 3. The van der Waals surface area contributed by atoms with E-state index in [2.05, 4.69) is 26.2 Å². The Kier molecular flexibility index (Phi) is 5.69. The first-order valence-electron chi connectivity index (χ1n) is 6.24. The summed E-state index contributed by atoms with van der Waals surface area (Å²) in [6.07, 6.45) is -1.64. The van der Waals surface area contributed by atoms with Crippen molar-refractivity contribution in [2.45, 2.75) is 24.0 Å². The Morgan fingerprint density at radius 3 is 2.81 bits per heavy atom. The van der Waals surface area contributed by atoms with Crippen LogP contribution in [0.4, 0.5) is 13.2 Å². The molecular weight excluding hydrogens is 367 g/mol. The van der Waals surface area contributed by atoms with Gasteiger partial charge in [0.15, 0.2) is 0 Å². The highest BCUT2D eigenvalue weighted by molar-refractivity contribution is 9.09. The number of aryl methyl sites for hydroxylation is 2. The lowest BCUT2D eigenvalue weighted by Crippen LogP contribution is -2.05. The van der Waals surface area contributed by atoms with Crippen LogP contribution in [0, 0.1) is 0 Å². The number of halogens is 4. The van der Waals surface area contributed by atoms with E-state index < -0.39 is 11.7 Å². The van der Waals surface area contributed by atoms with Crippen molar-refractivity contribution in [1.82, 2.24) is 15.0 Å². The lowest BCUT2D eigenvalue weighted by molar-refractivity contribution is -0.137. The first-order valence-corrected chi connectivity index (χ1v) is 8.35. The van der Waals surface area contributed by atoms with Gasteiger partial charge >= 0.3 is 6.18 Å². The van der Waals surface area contributed by atoms with Crippen LogP contribution in [0.1, 0.15) is 11.3 Å². The third-order valence-corrected chi connectivity index (χ3v) is 4.06. The Hall–Kier alpha value is -1.02. The highest BCUT2D eigenvalue weighted by Crippen LogP contribution is 2.31. The number of hydrogen-bond donors (Lipinski definition) is 0. The second kappa shape index (κ2) is 7.31. The summed E-state index contributed by atoms with van der Waals surface area (Å²) >= 11 is 4.70. The minimum atomic E-state index is -4.30. The molecule has 0 N–H and O–H groups in total. The molecule has 8 heteroatoms. The van der Waals surface area contributed by atoms with Gasteiger partial charge in [0.2, 0.25) is 0 Å². The van der Waals surface area contributed by atoms with E-state index in [1.807, 2.05) is 6.20 Å². The predicted molar refractivity (Wildman–Crippen MR) is 79.7 cm³/mol. The molecule has 0 aliphatic heterocycles. The molecule has 0 fully saturated rings. The summed E-state index contributed by atoms with van der Waals surface area (Å²) in [5, 5.41) is 8.80. The van der Waals surface area contributed by atoms with Crippen molar-refractivity contribution in [3.8, 4) is 0 Å². The van der Waals surface area contributed by atoms with E-state index in [9.17, 15) is 13.2 Å². The SMILES string of the molecule is FC(F)(F)c1cccc(SCCn2cc(CCBr)nn2)c1. The van der Waals surface area contributed by atoms with Gasteiger partial charge in [-0.05, 0) is 18.2 Å². The maximum Gasteiger partial charge on any atom is 0.416 e. The van der Waals surface area contributed by atoms with Gasteiger partial charge in [0.05, 0.1) is 17.8 Å². The zero-order valence-electron chi connectivity index (χ0n) is 11.0. The normalized spacial score (nSPS) is 11.8. The fourth-order valence-corrected chi connectivity index (χ4v) is 2.98. The molecule has 1 heterocycles. The maximum absolute atomic E-state index is 12.6. The highest BCUT2D eigenvalue weighted by atomic mass is 79.9. The molecule has 0 amide bonds. The third-order valence-electron chi connectivity index (χ3n) is 2.69. The van der Waals surface area contributed by atoms with E-state index in [4.69, 9.17) is 0 Å². The molecule has 0 radical (unpaired) electrons. The van der Waals surface area contributed by atoms with E-state index in [0.29, 0.717) is 17.2 Å². The van der Waals surface area contributed by atoms with Crippen molar-refractivity contribution >= 4 is 27.7 Å². The van der Waals surface area contributed by atoms with Crippen LogP contribution in [0.2, 0.25) is 0 Å². The fraction of sp³-hybridized carbons (Fsp3) is 0.385. The number of aromatic nitrogens is 3. The second-order valence-corrected chi connectivity index (χ2v) is 6.25. The van der Waals surface area contributed by atoms with Crippen molar-refractivity contribution in [1.29, 1.82) is 0 Å². The molecule has 0 unspecified atom stereocenters. The van der Waals surface area contributed by atoms with Crippen LogP contribution in [-0.4, -0.2) is 26.1 Å². The van der Waals surface area contributed by atoms with Crippen molar-refractivity contribution in [3.05, 3.63) is 41.7 Å². The molecule has 0 spiro atoms. The van der Waals surface area contributed by atoms with E-state index in [1.165, 1.54) is 23.9 Å². The van der Waals surface area contributed by atoms with Crippen molar-refractivity contribution < 1.29 is 13.2 Å². The molecule has 114 valence electrons. The molecule has 0 bridgehead atoms. The van der Waals surface area contributed by atoms with Crippen molar-refractivity contribution in [3.63, 3.8) is 0 Å². The molecule has 2 aromatic rings. The van der Waals surface area contributed by atoms with Gasteiger partial charge in [-0.25, -0.2) is 0 Å². The standard InChI is InChI=1S/C13H13BrF3N3S/c14-5-4-11-9-20(19-18-11)6-7-21-12-3-1-2-10(8-12)13(15,16)17/h1-3,8-9H,4-7H2. The van der Waals surface area contributed by atoms with Crippen molar-refractivity contribution in [2.75, 3.05) is 11.1 Å². The van der Waals surface area contributed by atoms with Crippen LogP contribution < -0.4 is 0 Å². The lowest BCUT2D eigenvalue weighted by atomic mass is 10.2. The molecule has 0 aliphatic carbocycles. The van der Waals surface area contributed by atoms with Gasteiger partial charge in [0.25, 0.3) is 0 Å². The summed E-state index contributed by atoms with van der Waals surface area (Å²) in [6.45, 7) is 0.607. The molecule has 0 atom stereocenters. The van der Waals surface area contributed by atoms with Gasteiger partial charge < -0.3 is 0 Å². The number of alkyl halides is 4. The van der Waals surface area contributed by atoms with E-state index in [0.717, 1.165) is 23.5 Å². The monoisotopic (exact) mass is 379 g/mol. The van der Waals surface area contributed by atoms with E-state index in [1.54, 1.807) is 10.7 Å². The topological polar surface area (TPSA) is 30.7 Å². The average Bonchev–Trinajstić information content (AvgIpc) is 2.86. The minimum Gasteiger partial charge on any atom is -0.251 e. The number of nitrogens with zero attached hydrogens (tertiary/aromatic N) is 3. The lowest BCUT2D eigenvalue weighted by Gasteiger charge is -2.08. The molecule has 0 saturated carbocycles. The van der Waals surface area contributed by atoms with Crippen LogP contribution in [-0.2, 0) is 19.1 Å². The van der Waals surface area contributed by atoms with Crippen molar-refractivity contribution in [2.24, 2.45) is 0 Å². The molecule has 21 heavy (non-hydrogen) atoms. The molecule has 1 aromatic heterocycles. The van der Waals surface area contributed by atoms with E-state index >= 15 is 0 Å². The Bertz CT molecular complexity index is 586. The van der Waals surface area contributed by atoms with Gasteiger partial charge in [-0.3, -0.25) is 4.68 Å². The third kappa shape index (κ3) is 5.03. The molecule has 3 nitrogen and oxygen atoms in total. The van der Waals surface area contributed by atoms with Crippen LogP contribution in [0.25, 0.3) is 0 Å². The molecule has 0 aliphatic rings. The second-order valence-electron chi connectivity index (χ2n) is 4.29. The molecule has 0 saturated heterocycles. The average molecular weight is 380 g/mol. The zero-order chi connectivity index (χ0) is 15.3. The van der Waals surface area contributed by atoms with Gasteiger partial charge in [-0.1, -0.05) is 27.2 Å². The van der Waals surface area contributed by atoms with Crippen LogP contribution >= 0.6 is 27.7 Å². The summed E-state index contributed by atoms with van der Waals surface area (Å²) in [6, 6.07) is 5.35. The Balaban J connectivity index is 1.88. The predicted octanol–water partition coefficient (Wildman–Crippen LogP) is 4.03.